The van der Waals surface area contributed by atoms with Crippen LogP contribution in [-0.4, -0.2) is 27.7 Å². The fourth-order valence-electron chi connectivity index (χ4n) is 2.31. The number of thioether (sulfide) groups is 1. The number of nitrogens with zero attached hydrogens (tertiary/aromatic N) is 1. The van der Waals surface area contributed by atoms with Crippen LogP contribution in [0, 0.1) is 12.8 Å². The molecule has 4 nitrogen and oxygen atoms in total. The molecular weight excluding hydrogens is 270 g/mol. The Morgan fingerprint density at radius 2 is 2.35 bits per heavy atom. The van der Waals surface area contributed by atoms with Gasteiger partial charge < -0.3 is 10.3 Å². The summed E-state index contributed by atoms with van der Waals surface area (Å²) in [5.41, 5.74) is 3.18. The zero-order valence-electron chi connectivity index (χ0n) is 11.8. The number of carbonyl (C=O) groups excluding carboxylic acids is 1. The lowest BCUT2D eigenvalue weighted by atomic mass is 10.2. The molecule has 2 N–H and O–H groups in total. The number of aryl methyl sites for hydroxylation is 1. The molecule has 1 aromatic carbocycles. The Hall–Kier alpha value is -1.49. The van der Waals surface area contributed by atoms with Crippen LogP contribution < -0.4 is 5.32 Å². The Kier molecular flexibility index (Phi) is 3.70. The summed E-state index contributed by atoms with van der Waals surface area (Å²) in [6, 6.07) is 6.42. The Bertz CT molecular complexity index is 633. The van der Waals surface area contributed by atoms with Crippen molar-refractivity contribution in [2.45, 2.75) is 37.9 Å². The minimum Gasteiger partial charge on any atom is -0.353 e. The van der Waals surface area contributed by atoms with E-state index in [0.29, 0.717) is 17.7 Å². The highest BCUT2D eigenvalue weighted by Gasteiger charge is 2.28. The Morgan fingerprint density at radius 3 is 3.10 bits per heavy atom. The number of benzene rings is 1. The van der Waals surface area contributed by atoms with Crippen molar-refractivity contribution in [3.63, 3.8) is 0 Å². The SMILES string of the molecule is Cc1ccc2nc(SCC(=O)NC(C)C3CC3)[nH]c2c1. The van der Waals surface area contributed by atoms with Gasteiger partial charge in [0.05, 0.1) is 16.8 Å². The normalized spacial score (nSPS) is 16.3. The molecule has 20 heavy (non-hydrogen) atoms. The molecule has 2 aromatic rings. The van der Waals surface area contributed by atoms with Crippen molar-refractivity contribution in [2.75, 3.05) is 5.75 Å². The summed E-state index contributed by atoms with van der Waals surface area (Å²) in [4.78, 5) is 19.6. The number of aromatic amines is 1. The second-order valence-corrected chi connectivity index (χ2v) is 6.51. The molecule has 1 aromatic heterocycles. The summed E-state index contributed by atoms with van der Waals surface area (Å²) in [5.74, 6) is 1.19. The van der Waals surface area contributed by atoms with E-state index in [1.54, 1.807) is 0 Å². The van der Waals surface area contributed by atoms with Crippen LogP contribution in [0.5, 0.6) is 0 Å². The minimum absolute atomic E-state index is 0.0889. The van der Waals surface area contributed by atoms with Crippen LogP contribution in [0.25, 0.3) is 11.0 Å². The van der Waals surface area contributed by atoms with Crippen molar-refractivity contribution < 1.29 is 4.79 Å². The topological polar surface area (TPSA) is 57.8 Å². The number of aromatic nitrogens is 2. The summed E-state index contributed by atoms with van der Waals surface area (Å²) in [6.07, 6.45) is 2.50. The largest absolute Gasteiger partial charge is 0.353 e. The van der Waals surface area contributed by atoms with Gasteiger partial charge in [0.25, 0.3) is 0 Å². The first-order valence-electron chi connectivity index (χ1n) is 7.00. The molecule has 0 radical (unpaired) electrons. The lowest BCUT2D eigenvalue weighted by Gasteiger charge is -2.11. The number of rotatable bonds is 5. The fraction of sp³-hybridized carbons (Fsp3) is 0.467. The summed E-state index contributed by atoms with van der Waals surface area (Å²) < 4.78 is 0. The first-order valence-corrected chi connectivity index (χ1v) is 7.99. The maximum absolute atomic E-state index is 11.9. The van der Waals surface area contributed by atoms with Crippen LogP contribution in [0.2, 0.25) is 0 Å². The predicted octanol–water partition coefficient (Wildman–Crippen LogP) is 2.88. The number of H-pyrrole nitrogens is 1. The van der Waals surface area contributed by atoms with E-state index in [9.17, 15) is 4.79 Å². The highest BCUT2D eigenvalue weighted by Crippen LogP contribution is 2.32. The van der Waals surface area contributed by atoms with Crippen LogP contribution >= 0.6 is 11.8 Å². The average molecular weight is 289 g/mol. The molecule has 1 aliphatic carbocycles. The van der Waals surface area contributed by atoms with Crippen LogP contribution in [-0.2, 0) is 4.79 Å². The van der Waals surface area contributed by atoms with Gasteiger partial charge >= 0.3 is 0 Å². The van der Waals surface area contributed by atoms with Crippen molar-refractivity contribution in [1.29, 1.82) is 0 Å². The van der Waals surface area contributed by atoms with Crippen LogP contribution in [0.3, 0.4) is 0 Å². The zero-order valence-corrected chi connectivity index (χ0v) is 12.6. The second kappa shape index (κ2) is 5.48. The molecule has 1 amide bonds. The Balaban J connectivity index is 1.57. The van der Waals surface area contributed by atoms with E-state index in [0.717, 1.165) is 16.2 Å². The minimum atomic E-state index is 0.0889. The summed E-state index contributed by atoms with van der Waals surface area (Å²) >= 11 is 1.46. The van der Waals surface area contributed by atoms with Crippen molar-refractivity contribution in [3.05, 3.63) is 23.8 Å². The molecule has 106 valence electrons. The third-order valence-corrected chi connectivity index (χ3v) is 4.55. The quantitative estimate of drug-likeness (QED) is 0.832. The number of hydrogen-bond acceptors (Lipinski definition) is 3. The maximum atomic E-state index is 11.9. The molecule has 0 saturated heterocycles. The monoisotopic (exact) mass is 289 g/mol. The van der Waals surface area contributed by atoms with Crippen LogP contribution in [0.15, 0.2) is 23.4 Å². The van der Waals surface area contributed by atoms with Crippen molar-refractivity contribution >= 4 is 28.7 Å². The highest BCUT2D eigenvalue weighted by atomic mass is 32.2. The number of fused-ring (bicyclic) bond motifs is 1. The molecular formula is C15H19N3OS. The van der Waals surface area contributed by atoms with E-state index in [4.69, 9.17) is 0 Å². The average Bonchev–Trinajstić information content (AvgIpc) is 3.17. The molecule has 1 atom stereocenters. The van der Waals surface area contributed by atoms with Gasteiger partial charge in [-0.3, -0.25) is 4.79 Å². The number of carbonyl (C=O) groups is 1. The van der Waals surface area contributed by atoms with Gasteiger partial charge in [-0.2, -0.15) is 0 Å². The predicted molar refractivity (Wildman–Crippen MR) is 81.9 cm³/mol. The van der Waals surface area contributed by atoms with Gasteiger partial charge in [0.2, 0.25) is 5.91 Å². The Morgan fingerprint density at radius 1 is 1.55 bits per heavy atom. The first-order chi connectivity index (χ1) is 9.61. The van der Waals surface area contributed by atoms with Crippen molar-refractivity contribution in [3.8, 4) is 0 Å². The van der Waals surface area contributed by atoms with Crippen molar-refractivity contribution in [1.82, 2.24) is 15.3 Å². The molecule has 1 heterocycles. The molecule has 3 rings (SSSR count). The molecule has 1 saturated carbocycles. The Labute approximate surface area is 122 Å². The molecule has 0 aliphatic heterocycles. The zero-order chi connectivity index (χ0) is 14.1. The fourth-order valence-corrected chi connectivity index (χ4v) is 3.01. The van der Waals surface area contributed by atoms with E-state index in [2.05, 4.69) is 35.2 Å². The van der Waals surface area contributed by atoms with Crippen molar-refractivity contribution in [2.24, 2.45) is 5.92 Å². The summed E-state index contributed by atoms with van der Waals surface area (Å²) in [7, 11) is 0. The van der Waals surface area contributed by atoms with E-state index < -0.39 is 0 Å². The lowest BCUT2D eigenvalue weighted by Crippen LogP contribution is -2.35. The van der Waals surface area contributed by atoms with Crippen LogP contribution in [0.1, 0.15) is 25.3 Å². The first kappa shape index (κ1) is 13.5. The van der Waals surface area contributed by atoms with Gasteiger partial charge in [0.15, 0.2) is 5.16 Å². The third-order valence-electron chi connectivity index (χ3n) is 3.67. The van der Waals surface area contributed by atoms with Gasteiger partial charge in [0.1, 0.15) is 0 Å². The van der Waals surface area contributed by atoms with Gasteiger partial charge in [0, 0.05) is 6.04 Å². The number of imidazole rings is 1. The van der Waals surface area contributed by atoms with E-state index in [1.807, 2.05) is 12.1 Å². The molecule has 1 unspecified atom stereocenters. The van der Waals surface area contributed by atoms with Gasteiger partial charge in [-0.25, -0.2) is 4.98 Å². The summed E-state index contributed by atoms with van der Waals surface area (Å²) in [6.45, 7) is 4.14. The third kappa shape index (κ3) is 3.15. The number of hydrogen-bond donors (Lipinski definition) is 2. The number of nitrogens with one attached hydrogen (secondary N) is 2. The molecule has 0 spiro atoms. The van der Waals surface area contributed by atoms with E-state index in [-0.39, 0.29) is 5.91 Å². The molecule has 0 bridgehead atoms. The van der Waals surface area contributed by atoms with E-state index in [1.165, 1.54) is 30.2 Å². The van der Waals surface area contributed by atoms with Gasteiger partial charge in [-0.05, 0) is 50.3 Å². The second-order valence-electron chi connectivity index (χ2n) is 5.54. The maximum Gasteiger partial charge on any atom is 0.230 e. The summed E-state index contributed by atoms with van der Waals surface area (Å²) in [5, 5.41) is 3.86. The molecule has 1 fully saturated rings. The smallest absolute Gasteiger partial charge is 0.230 e. The van der Waals surface area contributed by atoms with Gasteiger partial charge in [-0.1, -0.05) is 17.8 Å². The van der Waals surface area contributed by atoms with Gasteiger partial charge in [-0.15, -0.1) is 0 Å². The molecule has 5 heteroatoms. The highest BCUT2D eigenvalue weighted by molar-refractivity contribution is 7.99. The van der Waals surface area contributed by atoms with Crippen LogP contribution in [0.4, 0.5) is 0 Å². The standard InChI is InChI=1S/C15H19N3OS/c1-9-3-6-12-13(7-9)18-15(17-12)20-8-14(19)16-10(2)11-4-5-11/h3,6-7,10-11H,4-5,8H2,1-2H3,(H,16,19)(H,17,18). The molecule has 1 aliphatic rings. The van der Waals surface area contributed by atoms with E-state index >= 15 is 0 Å². The number of amides is 1. The lowest BCUT2D eigenvalue weighted by molar-refractivity contribution is -0.119.